The van der Waals surface area contributed by atoms with Crippen molar-refractivity contribution in [2.75, 3.05) is 0 Å². The molecule has 0 aliphatic carbocycles. The molecule has 1 heterocycles. The Morgan fingerprint density at radius 3 is 2.08 bits per heavy atom. The van der Waals surface area contributed by atoms with E-state index in [-0.39, 0.29) is 36.5 Å². The molecule has 0 saturated carbocycles. The second-order valence-electron chi connectivity index (χ2n) is 7.99. The highest BCUT2D eigenvalue weighted by atomic mass is 32.9. The molecule has 3 aromatic carbocycles. The highest BCUT2D eigenvalue weighted by molar-refractivity contribution is 7.80. The Morgan fingerprint density at radius 1 is 0.800 bits per heavy atom. The molecule has 0 spiro atoms. The standard InChI is InChI=1S/C27H19NO9S3/c29-24(35-19-11-7-18(8-12-19)23-15-26(38)40-39-23)13-14-25(30)37-22-4-2-1-3-21(22)27(31)36-20-9-5-17(6-10-20)16-34-28(32)33/h1-12,15H,13-14,16H2. The summed E-state index contributed by atoms with van der Waals surface area (Å²) < 4.78 is 16.7. The van der Waals surface area contributed by atoms with Gasteiger partial charge in [0.15, 0.2) is 0 Å². The highest BCUT2D eigenvalue weighted by Crippen LogP contribution is 2.30. The number of nitrogens with zero attached hydrogens (tertiary/aromatic N) is 1. The number of rotatable bonds is 11. The zero-order valence-electron chi connectivity index (χ0n) is 20.5. The number of hydrogen-bond acceptors (Lipinski definition) is 12. The molecule has 0 amide bonds. The van der Waals surface area contributed by atoms with Gasteiger partial charge < -0.3 is 19.0 Å². The Labute approximate surface area is 239 Å². The summed E-state index contributed by atoms with van der Waals surface area (Å²) >= 11 is 5.15. The molecule has 0 unspecified atom stereocenters. The lowest BCUT2D eigenvalue weighted by Gasteiger charge is -2.10. The number of para-hydroxylation sites is 1. The topological polar surface area (TPSA) is 131 Å². The van der Waals surface area contributed by atoms with E-state index in [2.05, 4.69) is 4.84 Å². The minimum atomic E-state index is -0.904. The number of esters is 3. The van der Waals surface area contributed by atoms with Crippen LogP contribution in [0.4, 0.5) is 0 Å². The fourth-order valence-corrected chi connectivity index (χ4v) is 5.69. The predicted octanol–water partition coefficient (Wildman–Crippen LogP) is 6.42. The van der Waals surface area contributed by atoms with Crippen LogP contribution < -0.4 is 14.2 Å². The summed E-state index contributed by atoms with van der Waals surface area (Å²) in [5, 5.41) is 9.40. The average molecular weight is 598 g/mol. The third-order valence-electron chi connectivity index (χ3n) is 5.17. The van der Waals surface area contributed by atoms with Gasteiger partial charge in [0.25, 0.3) is 5.09 Å². The van der Waals surface area contributed by atoms with Crippen LogP contribution in [0.1, 0.15) is 28.8 Å². The zero-order chi connectivity index (χ0) is 28.5. The summed E-state index contributed by atoms with van der Waals surface area (Å²) in [7, 11) is 3.08. The van der Waals surface area contributed by atoms with Gasteiger partial charge in [0.1, 0.15) is 33.2 Å². The minimum Gasteiger partial charge on any atom is -0.427 e. The lowest BCUT2D eigenvalue weighted by molar-refractivity contribution is -0.763. The SMILES string of the molecule is O=C(CCC(=O)Oc1ccccc1C(=O)Oc1ccc(CO[N+](=O)[O-])cc1)Oc1ccc(-c2cc(=S)ss2)cc1. The molecule has 13 heteroatoms. The van der Waals surface area contributed by atoms with Crippen molar-refractivity contribution in [1.29, 1.82) is 0 Å². The Kier molecular flexibility index (Phi) is 9.67. The van der Waals surface area contributed by atoms with Crippen molar-refractivity contribution in [1.82, 2.24) is 0 Å². The molecular formula is C27H19NO9S3. The van der Waals surface area contributed by atoms with Crippen LogP contribution in [-0.2, 0) is 21.0 Å². The molecule has 1 aromatic heterocycles. The molecule has 4 aromatic rings. The molecule has 0 N–H and O–H groups in total. The maximum Gasteiger partial charge on any atom is 0.347 e. The minimum absolute atomic E-state index is 0.00557. The van der Waals surface area contributed by atoms with Crippen LogP contribution in [0, 0.1) is 13.9 Å². The monoisotopic (exact) mass is 597 g/mol. The van der Waals surface area contributed by atoms with Gasteiger partial charge in [-0.2, -0.15) is 0 Å². The van der Waals surface area contributed by atoms with Crippen molar-refractivity contribution in [3.05, 3.63) is 104 Å². The van der Waals surface area contributed by atoms with Crippen LogP contribution in [0.5, 0.6) is 17.2 Å². The number of carbonyl (C=O) groups excluding carboxylic acids is 3. The Morgan fingerprint density at radius 2 is 1.43 bits per heavy atom. The van der Waals surface area contributed by atoms with E-state index in [1.165, 1.54) is 46.7 Å². The summed E-state index contributed by atoms with van der Waals surface area (Å²) in [4.78, 5) is 53.0. The van der Waals surface area contributed by atoms with Crippen molar-refractivity contribution in [3.63, 3.8) is 0 Å². The molecule has 0 aliphatic heterocycles. The lowest BCUT2D eigenvalue weighted by Crippen LogP contribution is -2.16. The largest absolute Gasteiger partial charge is 0.427 e. The van der Waals surface area contributed by atoms with Gasteiger partial charge in [0, 0.05) is 4.88 Å². The summed E-state index contributed by atoms with van der Waals surface area (Å²) in [6.45, 7) is -0.244. The summed E-state index contributed by atoms with van der Waals surface area (Å²) in [6.07, 6.45) is -0.502. The van der Waals surface area contributed by atoms with Gasteiger partial charge in [-0.1, -0.05) is 57.2 Å². The van der Waals surface area contributed by atoms with E-state index < -0.39 is 23.0 Å². The molecule has 0 radical (unpaired) electrons. The van der Waals surface area contributed by atoms with Crippen LogP contribution in [0.3, 0.4) is 0 Å². The molecule has 0 saturated heterocycles. The molecular weight excluding hydrogens is 578 g/mol. The van der Waals surface area contributed by atoms with E-state index in [1.54, 1.807) is 34.6 Å². The van der Waals surface area contributed by atoms with Crippen molar-refractivity contribution >= 4 is 50.8 Å². The first kappa shape index (κ1) is 28.5. The molecule has 0 atom stereocenters. The summed E-state index contributed by atoms with van der Waals surface area (Å²) in [5.74, 6) is -1.65. The van der Waals surface area contributed by atoms with Crippen LogP contribution >= 0.6 is 32.9 Å². The van der Waals surface area contributed by atoms with Gasteiger partial charge in [-0.25, -0.2) is 4.79 Å². The Bertz CT molecular complexity index is 1580. The second kappa shape index (κ2) is 13.6. The fraction of sp³-hybridized carbons (Fsp3) is 0.111. The average Bonchev–Trinajstić information content (AvgIpc) is 3.38. The van der Waals surface area contributed by atoms with Gasteiger partial charge in [0.2, 0.25) is 0 Å². The van der Waals surface area contributed by atoms with E-state index in [9.17, 15) is 24.5 Å². The number of benzene rings is 3. The highest BCUT2D eigenvalue weighted by Gasteiger charge is 2.18. The quantitative estimate of drug-likeness (QED) is 0.0476. The van der Waals surface area contributed by atoms with E-state index in [4.69, 9.17) is 26.4 Å². The fourth-order valence-electron chi connectivity index (χ4n) is 3.29. The van der Waals surface area contributed by atoms with Crippen LogP contribution in [-0.4, -0.2) is 23.0 Å². The van der Waals surface area contributed by atoms with E-state index in [0.29, 0.717) is 11.3 Å². The van der Waals surface area contributed by atoms with Gasteiger partial charge in [-0.05, 0) is 65.7 Å². The number of ether oxygens (including phenoxy) is 3. The zero-order valence-corrected chi connectivity index (χ0v) is 22.9. The maximum absolute atomic E-state index is 12.7. The van der Waals surface area contributed by atoms with Crippen LogP contribution in [0.15, 0.2) is 78.9 Å². The molecule has 0 fully saturated rings. The van der Waals surface area contributed by atoms with Gasteiger partial charge in [0.05, 0.1) is 12.8 Å². The van der Waals surface area contributed by atoms with E-state index in [0.717, 1.165) is 14.3 Å². The van der Waals surface area contributed by atoms with Crippen molar-refractivity contribution < 1.29 is 38.5 Å². The Hall–Kier alpha value is -4.46. The third kappa shape index (κ3) is 8.27. The van der Waals surface area contributed by atoms with Crippen LogP contribution in [0.25, 0.3) is 10.4 Å². The first-order chi connectivity index (χ1) is 19.3. The molecule has 0 bridgehead atoms. The van der Waals surface area contributed by atoms with Crippen molar-refractivity contribution in [2.24, 2.45) is 0 Å². The first-order valence-corrected chi connectivity index (χ1v) is 14.1. The summed E-state index contributed by atoms with van der Waals surface area (Å²) in [6, 6.07) is 20.8. The predicted molar refractivity (Wildman–Crippen MR) is 149 cm³/mol. The van der Waals surface area contributed by atoms with E-state index >= 15 is 0 Å². The summed E-state index contributed by atoms with van der Waals surface area (Å²) in [5.41, 5.74) is 1.46. The number of hydrogen-bond donors (Lipinski definition) is 0. The molecule has 204 valence electrons. The molecule has 4 rings (SSSR count). The van der Waals surface area contributed by atoms with Gasteiger partial charge in [-0.15, -0.1) is 10.1 Å². The third-order valence-corrected chi connectivity index (χ3v) is 8.08. The van der Waals surface area contributed by atoms with Crippen LogP contribution in [0.2, 0.25) is 0 Å². The smallest absolute Gasteiger partial charge is 0.347 e. The molecule has 10 nitrogen and oxygen atoms in total. The first-order valence-electron chi connectivity index (χ1n) is 11.6. The van der Waals surface area contributed by atoms with Crippen molar-refractivity contribution in [3.8, 4) is 27.7 Å². The van der Waals surface area contributed by atoms with Gasteiger partial charge in [-0.3, -0.25) is 9.59 Å². The Balaban J connectivity index is 1.28. The lowest BCUT2D eigenvalue weighted by atomic mass is 10.2. The second-order valence-corrected chi connectivity index (χ2v) is 10.9. The molecule has 40 heavy (non-hydrogen) atoms. The maximum atomic E-state index is 12.7. The molecule has 0 aliphatic rings. The number of carbonyl (C=O) groups is 3. The van der Waals surface area contributed by atoms with E-state index in [1.807, 2.05) is 18.2 Å². The normalized spacial score (nSPS) is 10.4. The van der Waals surface area contributed by atoms with Gasteiger partial charge >= 0.3 is 17.9 Å². The van der Waals surface area contributed by atoms with Crippen molar-refractivity contribution in [2.45, 2.75) is 19.4 Å².